The summed E-state index contributed by atoms with van der Waals surface area (Å²) >= 11 is 0. The zero-order valence-corrected chi connectivity index (χ0v) is 26.5. The summed E-state index contributed by atoms with van der Waals surface area (Å²) in [5, 5.41) is 0.730. The van der Waals surface area contributed by atoms with Crippen LogP contribution in [-0.2, 0) is 0 Å². The molecule has 0 amide bonds. The minimum atomic E-state index is 0.316. The molecule has 0 radical (unpaired) electrons. The smallest absolute Gasteiger partial charge is 0.0103 e. The fourth-order valence-electron chi connectivity index (χ4n) is 7.97. The van der Waals surface area contributed by atoms with Crippen molar-refractivity contribution >= 4 is 26.1 Å². The summed E-state index contributed by atoms with van der Waals surface area (Å²) < 4.78 is 0. The van der Waals surface area contributed by atoms with Crippen molar-refractivity contribution in [2.45, 2.75) is 176 Å². The summed E-state index contributed by atoms with van der Waals surface area (Å²) in [5.74, 6) is 0. The van der Waals surface area contributed by atoms with Gasteiger partial charge in [0.1, 0.15) is 0 Å². The van der Waals surface area contributed by atoms with Crippen LogP contribution in [0.2, 0.25) is 5.04 Å². The maximum Gasteiger partial charge on any atom is 0.0103 e. The van der Waals surface area contributed by atoms with Crippen molar-refractivity contribution in [3.05, 3.63) is 0 Å². The van der Waals surface area contributed by atoms with Gasteiger partial charge in [-0.1, -0.05) is 84.0 Å². The predicted molar refractivity (Wildman–Crippen MR) is 159 cm³/mol. The lowest BCUT2D eigenvalue weighted by atomic mass is 9.99. The van der Waals surface area contributed by atoms with Crippen LogP contribution in [0.4, 0.5) is 0 Å². The van der Waals surface area contributed by atoms with Gasteiger partial charge in [-0.15, -0.1) is 15.8 Å². The largest absolute Gasteiger partial charge is 0.100 e. The van der Waals surface area contributed by atoms with Crippen LogP contribution >= 0.6 is 15.8 Å². The van der Waals surface area contributed by atoms with Crippen molar-refractivity contribution in [1.29, 1.82) is 0 Å². The van der Waals surface area contributed by atoms with Crippen molar-refractivity contribution in [2.75, 3.05) is 12.3 Å². The SMILES string of the molecule is CC([SiH3])(CCP(C1CCCCC1)C1CCCCC1)CCP(C1CCCCC1)C1CCCCC1. The Morgan fingerprint density at radius 3 is 0.970 bits per heavy atom. The zero-order valence-electron chi connectivity index (χ0n) is 22.7. The highest BCUT2D eigenvalue weighted by Gasteiger charge is 2.34. The minimum Gasteiger partial charge on any atom is -0.100 e. The van der Waals surface area contributed by atoms with E-state index >= 15 is 0 Å². The van der Waals surface area contributed by atoms with Crippen LogP contribution in [0.1, 0.15) is 148 Å². The van der Waals surface area contributed by atoms with E-state index in [1.165, 1.54) is 35.9 Å². The Kier molecular flexibility index (Phi) is 11.6. The van der Waals surface area contributed by atoms with E-state index in [4.69, 9.17) is 0 Å². The molecule has 0 spiro atoms. The third-order valence-corrected chi connectivity index (χ3v) is 18.6. The normalized spacial score (nSPS) is 25.9. The van der Waals surface area contributed by atoms with Gasteiger partial charge in [-0.3, -0.25) is 0 Å². The monoisotopic (exact) mass is 508 g/mol. The highest BCUT2D eigenvalue weighted by molar-refractivity contribution is 7.59. The minimum absolute atomic E-state index is 0.316. The summed E-state index contributed by atoms with van der Waals surface area (Å²) in [6, 6.07) is 0. The van der Waals surface area contributed by atoms with Crippen molar-refractivity contribution < 1.29 is 0 Å². The van der Waals surface area contributed by atoms with E-state index < -0.39 is 0 Å². The molecular weight excluding hydrogens is 450 g/mol. The third kappa shape index (κ3) is 8.56. The molecule has 0 aromatic carbocycles. The summed E-state index contributed by atoms with van der Waals surface area (Å²) in [6.45, 7) is 2.74. The van der Waals surface area contributed by atoms with E-state index in [0.717, 1.165) is 27.7 Å². The Labute approximate surface area is 213 Å². The van der Waals surface area contributed by atoms with Gasteiger partial charge < -0.3 is 0 Å². The molecule has 0 atom stereocenters. The van der Waals surface area contributed by atoms with Crippen LogP contribution in [0.3, 0.4) is 0 Å². The molecule has 0 unspecified atom stereocenters. The molecule has 4 rings (SSSR count). The highest BCUT2D eigenvalue weighted by atomic mass is 31.1. The molecule has 192 valence electrons. The molecule has 0 saturated heterocycles. The van der Waals surface area contributed by atoms with Crippen LogP contribution in [0, 0.1) is 0 Å². The number of rotatable bonds is 10. The molecule has 3 heteroatoms. The fraction of sp³-hybridized carbons (Fsp3) is 1.00. The van der Waals surface area contributed by atoms with Gasteiger partial charge in [0.2, 0.25) is 0 Å². The first kappa shape index (κ1) is 27.1. The average molecular weight is 509 g/mol. The van der Waals surface area contributed by atoms with E-state index in [0.29, 0.717) is 15.8 Å². The molecule has 4 aliphatic carbocycles. The Bertz CT molecular complexity index is 443. The highest BCUT2D eigenvalue weighted by Crippen LogP contribution is 2.60. The van der Waals surface area contributed by atoms with Gasteiger partial charge in [-0.2, -0.15) is 0 Å². The van der Waals surface area contributed by atoms with Gasteiger partial charge in [0.25, 0.3) is 0 Å². The predicted octanol–water partition coefficient (Wildman–Crippen LogP) is 9.61. The van der Waals surface area contributed by atoms with Gasteiger partial charge in [-0.05, 0) is 104 Å². The van der Waals surface area contributed by atoms with Crippen molar-refractivity contribution in [3.8, 4) is 0 Å². The Morgan fingerprint density at radius 2 is 0.727 bits per heavy atom. The van der Waals surface area contributed by atoms with Gasteiger partial charge in [0.05, 0.1) is 0 Å². The quantitative estimate of drug-likeness (QED) is 0.203. The number of hydrogen-bond acceptors (Lipinski definition) is 0. The van der Waals surface area contributed by atoms with Crippen molar-refractivity contribution in [2.24, 2.45) is 0 Å². The third-order valence-electron chi connectivity index (χ3n) is 10.3. The maximum absolute atomic E-state index is 2.74. The molecule has 4 saturated carbocycles. The standard InChI is InChI=1S/C30H58P2Si/c1-30(33,22-24-31(26-14-6-2-7-15-26)27-16-8-3-9-17-27)23-25-32(28-18-10-4-11-19-28)29-20-12-5-13-21-29/h26-29H,2-25H2,1,33H3. The first-order chi connectivity index (χ1) is 16.1. The van der Waals surface area contributed by atoms with Gasteiger partial charge in [0.15, 0.2) is 0 Å². The van der Waals surface area contributed by atoms with Crippen LogP contribution in [0.15, 0.2) is 0 Å². The lowest BCUT2D eigenvalue weighted by Gasteiger charge is -2.42. The van der Waals surface area contributed by atoms with E-state index in [-0.39, 0.29) is 0 Å². The molecule has 4 aliphatic rings. The molecular formula is C30H58P2Si. The molecule has 4 fully saturated rings. The second-order valence-electron chi connectivity index (χ2n) is 13.3. The summed E-state index contributed by atoms with van der Waals surface area (Å²) in [5.41, 5.74) is 4.65. The van der Waals surface area contributed by atoms with Crippen LogP contribution in [0.25, 0.3) is 0 Å². The topological polar surface area (TPSA) is 0 Å². The first-order valence-electron chi connectivity index (χ1n) is 15.6. The Morgan fingerprint density at radius 1 is 0.485 bits per heavy atom. The van der Waals surface area contributed by atoms with E-state index in [9.17, 15) is 0 Å². The van der Waals surface area contributed by atoms with E-state index in [1.807, 2.05) is 0 Å². The molecule has 0 nitrogen and oxygen atoms in total. The molecule has 33 heavy (non-hydrogen) atoms. The zero-order chi connectivity index (χ0) is 22.9. The Hall–Kier alpha value is 1.08. The molecule has 0 N–H and O–H groups in total. The second-order valence-corrected chi connectivity index (χ2v) is 21.6. The first-order valence-corrected chi connectivity index (χ1v) is 20.0. The molecule has 0 aromatic rings. The van der Waals surface area contributed by atoms with Gasteiger partial charge in [-0.25, -0.2) is 0 Å². The van der Waals surface area contributed by atoms with Gasteiger partial charge in [0, 0.05) is 10.2 Å². The molecule has 0 bridgehead atoms. The molecule has 0 aliphatic heterocycles. The fourth-order valence-corrected chi connectivity index (χ4v) is 17.8. The lowest BCUT2D eigenvalue weighted by Crippen LogP contribution is -2.25. The van der Waals surface area contributed by atoms with Crippen molar-refractivity contribution in [1.82, 2.24) is 0 Å². The van der Waals surface area contributed by atoms with Crippen molar-refractivity contribution in [3.63, 3.8) is 0 Å². The van der Waals surface area contributed by atoms with Gasteiger partial charge >= 0.3 is 0 Å². The number of hydrogen-bond donors (Lipinski definition) is 0. The Balaban J connectivity index is 1.33. The van der Waals surface area contributed by atoms with Crippen LogP contribution < -0.4 is 0 Å². The summed E-state index contributed by atoms with van der Waals surface area (Å²) in [6.07, 6.45) is 38.0. The molecule has 0 heterocycles. The second kappa shape index (κ2) is 14.1. The maximum atomic E-state index is 2.74. The average Bonchev–Trinajstić information content (AvgIpc) is 2.87. The van der Waals surface area contributed by atoms with Crippen LogP contribution in [-0.4, -0.2) is 45.2 Å². The molecule has 0 aromatic heterocycles. The van der Waals surface area contributed by atoms with E-state index in [1.54, 1.807) is 128 Å². The summed E-state index contributed by atoms with van der Waals surface area (Å²) in [7, 11) is 2.07. The van der Waals surface area contributed by atoms with Crippen LogP contribution in [0.5, 0.6) is 0 Å². The van der Waals surface area contributed by atoms with E-state index in [2.05, 4.69) is 6.92 Å². The summed E-state index contributed by atoms with van der Waals surface area (Å²) in [4.78, 5) is 0. The lowest BCUT2D eigenvalue weighted by molar-refractivity contribution is 0.478.